The zero-order valence-corrected chi connectivity index (χ0v) is 11.8. The third-order valence-corrected chi connectivity index (χ3v) is 6.21. The summed E-state index contributed by atoms with van der Waals surface area (Å²) < 4.78 is 5.94. The third kappa shape index (κ3) is 1.35. The molecule has 5 fully saturated rings. The van der Waals surface area contributed by atoms with E-state index in [1.54, 1.807) is 0 Å². The molecule has 1 heteroatoms. The van der Waals surface area contributed by atoms with Crippen molar-refractivity contribution in [2.24, 2.45) is 21.7 Å². The SMILES string of the molecule is CC1OC1C12CC3(C)CC(C)(CC(C)(C3)C1)C2. The van der Waals surface area contributed by atoms with Crippen LogP contribution in [-0.2, 0) is 4.74 Å². The Bertz CT molecular complexity index is 331. The molecule has 1 heterocycles. The second-order valence-corrected chi connectivity index (χ2v) is 9.12. The lowest BCUT2D eigenvalue weighted by molar-refractivity contribution is -0.190. The first-order valence-corrected chi connectivity index (χ1v) is 7.41. The first-order valence-electron chi connectivity index (χ1n) is 7.41. The van der Waals surface area contributed by atoms with Gasteiger partial charge in [0.05, 0.1) is 12.2 Å². The van der Waals surface area contributed by atoms with Crippen LogP contribution >= 0.6 is 0 Å². The van der Waals surface area contributed by atoms with E-state index in [2.05, 4.69) is 27.7 Å². The summed E-state index contributed by atoms with van der Waals surface area (Å²) in [5.41, 5.74) is 2.39. The summed E-state index contributed by atoms with van der Waals surface area (Å²) in [6.07, 6.45) is 9.89. The highest BCUT2D eigenvalue weighted by atomic mass is 16.6. The van der Waals surface area contributed by atoms with E-state index in [9.17, 15) is 0 Å². The molecule has 0 amide bonds. The molecule has 1 nitrogen and oxygen atoms in total. The van der Waals surface area contributed by atoms with E-state index >= 15 is 0 Å². The van der Waals surface area contributed by atoms with Crippen molar-refractivity contribution in [1.82, 2.24) is 0 Å². The zero-order valence-electron chi connectivity index (χ0n) is 11.8. The van der Waals surface area contributed by atoms with Gasteiger partial charge in [-0.25, -0.2) is 0 Å². The van der Waals surface area contributed by atoms with Crippen molar-refractivity contribution in [1.29, 1.82) is 0 Å². The molecule has 5 rings (SSSR count). The van der Waals surface area contributed by atoms with E-state index in [1.807, 2.05) is 0 Å². The molecule has 2 unspecified atom stereocenters. The third-order valence-electron chi connectivity index (χ3n) is 6.21. The summed E-state index contributed by atoms with van der Waals surface area (Å²) in [6, 6.07) is 0. The van der Waals surface area contributed by atoms with Crippen molar-refractivity contribution >= 4 is 0 Å². The quantitative estimate of drug-likeness (QED) is 0.621. The topological polar surface area (TPSA) is 12.5 Å². The lowest BCUT2D eigenvalue weighted by atomic mass is 9.36. The predicted molar refractivity (Wildman–Crippen MR) is 68.8 cm³/mol. The van der Waals surface area contributed by atoms with Crippen LogP contribution in [0.1, 0.15) is 66.2 Å². The molecule has 0 aromatic heterocycles. The highest BCUT2D eigenvalue weighted by molar-refractivity contribution is 5.18. The number of hydrogen-bond donors (Lipinski definition) is 0. The van der Waals surface area contributed by atoms with Gasteiger partial charge in [0, 0.05) is 5.41 Å². The Morgan fingerprint density at radius 3 is 1.41 bits per heavy atom. The zero-order chi connectivity index (χ0) is 12.1. The molecular weight excluding hydrogens is 208 g/mol. The normalized spacial score (nSPS) is 68.5. The van der Waals surface area contributed by atoms with E-state index in [-0.39, 0.29) is 0 Å². The largest absolute Gasteiger partial charge is 0.369 e. The molecule has 1 saturated heterocycles. The second kappa shape index (κ2) is 2.61. The van der Waals surface area contributed by atoms with Crippen molar-refractivity contribution in [3.8, 4) is 0 Å². The van der Waals surface area contributed by atoms with Crippen LogP contribution in [0.5, 0.6) is 0 Å². The maximum Gasteiger partial charge on any atom is 0.0895 e. The van der Waals surface area contributed by atoms with Crippen molar-refractivity contribution < 1.29 is 4.74 Å². The molecule has 5 aliphatic rings. The maximum atomic E-state index is 5.94. The van der Waals surface area contributed by atoms with Gasteiger partial charge in [-0.3, -0.25) is 0 Å². The fourth-order valence-electron chi connectivity index (χ4n) is 7.52. The lowest BCUT2D eigenvalue weighted by Crippen LogP contribution is -2.60. The first kappa shape index (κ1) is 10.8. The van der Waals surface area contributed by atoms with Crippen LogP contribution in [0.2, 0.25) is 0 Å². The predicted octanol–water partition coefficient (Wildman–Crippen LogP) is 4.16. The minimum atomic E-state index is 0.544. The summed E-state index contributed by atoms with van der Waals surface area (Å²) in [6.45, 7) is 9.95. The maximum absolute atomic E-state index is 5.94. The van der Waals surface area contributed by atoms with E-state index in [4.69, 9.17) is 4.74 Å². The van der Waals surface area contributed by atoms with E-state index in [0.29, 0.717) is 33.9 Å². The molecular formula is C16H26O. The number of epoxide rings is 1. The molecule has 0 aromatic rings. The van der Waals surface area contributed by atoms with E-state index < -0.39 is 0 Å². The monoisotopic (exact) mass is 234 g/mol. The summed E-state index contributed by atoms with van der Waals surface area (Å²) in [7, 11) is 0. The van der Waals surface area contributed by atoms with Gasteiger partial charge in [-0.2, -0.15) is 0 Å². The Kier molecular flexibility index (Phi) is 1.67. The second-order valence-electron chi connectivity index (χ2n) is 9.12. The van der Waals surface area contributed by atoms with Crippen LogP contribution in [0.15, 0.2) is 0 Å². The minimum absolute atomic E-state index is 0.544. The molecule has 0 N–H and O–H groups in total. The highest BCUT2D eigenvalue weighted by Crippen LogP contribution is 2.75. The Hall–Kier alpha value is -0.0400. The summed E-state index contributed by atoms with van der Waals surface area (Å²) in [5.74, 6) is 0. The summed E-state index contributed by atoms with van der Waals surface area (Å²) >= 11 is 0. The van der Waals surface area contributed by atoms with Gasteiger partial charge < -0.3 is 4.74 Å². The van der Waals surface area contributed by atoms with Crippen LogP contribution in [0.4, 0.5) is 0 Å². The van der Waals surface area contributed by atoms with Gasteiger partial charge in [-0.15, -0.1) is 0 Å². The molecule has 4 aliphatic carbocycles. The summed E-state index contributed by atoms with van der Waals surface area (Å²) in [4.78, 5) is 0. The van der Waals surface area contributed by atoms with Gasteiger partial charge in [0.1, 0.15) is 0 Å². The van der Waals surface area contributed by atoms with Gasteiger partial charge in [0.25, 0.3) is 0 Å². The van der Waals surface area contributed by atoms with Crippen molar-refractivity contribution in [3.63, 3.8) is 0 Å². The van der Waals surface area contributed by atoms with Crippen LogP contribution in [0, 0.1) is 21.7 Å². The van der Waals surface area contributed by atoms with E-state index in [0.717, 1.165) is 0 Å². The molecule has 17 heavy (non-hydrogen) atoms. The Morgan fingerprint density at radius 1 is 0.765 bits per heavy atom. The Labute approximate surface area is 105 Å². The number of hydrogen-bond acceptors (Lipinski definition) is 1. The van der Waals surface area contributed by atoms with Crippen molar-refractivity contribution in [3.05, 3.63) is 0 Å². The van der Waals surface area contributed by atoms with Crippen LogP contribution < -0.4 is 0 Å². The Morgan fingerprint density at radius 2 is 1.12 bits per heavy atom. The highest BCUT2D eigenvalue weighted by Gasteiger charge is 2.69. The lowest BCUT2D eigenvalue weighted by Gasteiger charge is -2.69. The van der Waals surface area contributed by atoms with Crippen LogP contribution in [-0.4, -0.2) is 12.2 Å². The molecule has 1 aliphatic heterocycles. The van der Waals surface area contributed by atoms with Crippen LogP contribution in [0.3, 0.4) is 0 Å². The minimum Gasteiger partial charge on any atom is -0.369 e. The number of rotatable bonds is 1. The molecule has 0 aromatic carbocycles. The van der Waals surface area contributed by atoms with Crippen molar-refractivity contribution in [2.45, 2.75) is 78.4 Å². The molecule has 4 bridgehead atoms. The standard InChI is InChI=1S/C16H26O/c1-11-12(17-11)16-8-13(2)5-14(3,9-16)7-15(4,6-13)10-16/h11-12H,5-10H2,1-4H3. The summed E-state index contributed by atoms with van der Waals surface area (Å²) in [5, 5.41) is 0. The molecule has 96 valence electrons. The molecule has 0 spiro atoms. The smallest absolute Gasteiger partial charge is 0.0895 e. The van der Waals surface area contributed by atoms with Crippen LogP contribution in [0.25, 0.3) is 0 Å². The fraction of sp³-hybridized carbons (Fsp3) is 1.00. The van der Waals surface area contributed by atoms with Gasteiger partial charge in [0.2, 0.25) is 0 Å². The number of ether oxygens (including phenoxy) is 1. The molecule has 4 saturated carbocycles. The fourth-order valence-corrected chi connectivity index (χ4v) is 7.52. The van der Waals surface area contributed by atoms with Gasteiger partial charge in [-0.1, -0.05) is 20.8 Å². The van der Waals surface area contributed by atoms with Gasteiger partial charge in [-0.05, 0) is 61.7 Å². The average Bonchev–Trinajstić information content (AvgIpc) is 2.73. The average molecular weight is 234 g/mol. The molecule has 2 atom stereocenters. The van der Waals surface area contributed by atoms with Crippen molar-refractivity contribution in [2.75, 3.05) is 0 Å². The van der Waals surface area contributed by atoms with E-state index in [1.165, 1.54) is 38.5 Å². The van der Waals surface area contributed by atoms with Gasteiger partial charge in [0.15, 0.2) is 0 Å². The Balaban J connectivity index is 1.79. The first-order chi connectivity index (χ1) is 7.76. The molecule has 0 radical (unpaired) electrons. The van der Waals surface area contributed by atoms with Gasteiger partial charge >= 0.3 is 0 Å².